The summed E-state index contributed by atoms with van der Waals surface area (Å²) in [7, 11) is 1.77. The van der Waals surface area contributed by atoms with Gasteiger partial charge in [0.15, 0.2) is 0 Å². The van der Waals surface area contributed by atoms with E-state index >= 15 is 0 Å². The van der Waals surface area contributed by atoms with E-state index in [0.29, 0.717) is 16.4 Å². The molecule has 0 saturated carbocycles. The number of carbonyl (C=O) groups excluding carboxylic acids is 1. The van der Waals surface area contributed by atoms with Crippen LogP contribution in [0, 0.1) is 0 Å². The molecule has 1 amide bonds. The Labute approximate surface area is 124 Å². The van der Waals surface area contributed by atoms with Gasteiger partial charge in [-0.05, 0) is 19.0 Å². The van der Waals surface area contributed by atoms with Gasteiger partial charge in [-0.2, -0.15) is 0 Å². The topological polar surface area (TPSA) is 48.5 Å². The smallest absolute Gasteiger partial charge is 0.255 e. The van der Waals surface area contributed by atoms with Gasteiger partial charge in [-0.25, -0.2) is 4.98 Å². The Hall–Kier alpha value is -1.33. The maximum absolute atomic E-state index is 12.5. The van der Waals surface area contributed by atoms with E-state index in [1.54, 1.807) is 13.1 Å². The van der Waals surface area contributed by atoms with Crippen molar-refractivity contribution in [3.63, 3.8) is 0 Å². The lowest BCUT2D eigenvalue weighted by molar-refractivity contribution is 0.0637. The summed E-state index contributed by atoms with van der Waals surface area (Å²) < 4.78 is 0. The summed E-state index contributed by atoms with van der Waals surface area (Å²) in [5.74, 6) is 0.646. The van der Waals surface area contributed by atoms with Gasteiger partial charge in [0.05, 0.1) is 10.6 Å². The Morgan fingerprint density at radius 2 is 2.10 bits per heavy atom. The molecule has 5 nitrogen and oxygen atoms in total. The normalized spacial score (nSPS) is 16.2. The van der Waals surface area contributed by atoms with Crippen molar-refractivity contribution in [3.05, 3.63) is 22.8 Å². The van der Waals surface area contributed by atoms with E-state index in [1.807, 2.05) is 4.90 Å². The number of halogens is 1. The minimum absolute atomic E-state index is 0.00921. The maximum atomic E-state index is 12.5. The molecule has 0 radical (unpaired) electrons. The number of nitrogens with one attached hydrogen (secondary N) is 1. The highest BCUT2D eigenvalue weighted by Gasteiger charge is 2.23. The van der Waals surface area contributed by atoms with Gasteiger partial charge in [0.25, 0.3) is 5.91 Å². The predicted molar refractivity (Wildman–Crippen MR) is 81.4 cm³/mol. The molecule has 20 heavy (non-hydrogen) atoms. The Bertz CT molecular complexity index is 472. The van der Waals surface area contributed by atoms with Gasteiger partial charge in [-0.15, -0.1) is 0 Å². The lowest BCUT2D eigenvalue weighted by Crippen LogP contribution is -2.48. The van der Waals surface area contributed by atoms with E-state index < -0.39 is 0 Å². The predicted octanol–water partition coefficient (Wildman–Crippen LogP) is 1.94. The number of piperazine rings is 1. The molecule has 1 fully saturated rings. The highest BCUT2D eigenvalue weighted by molar-refractivity contribution is 6.33. The summed E-state index contributed by atoms with van der Waals surface area (Å²) in [5.41, 5.74) is 0.523. The Kier molecular flexibility index (Phi) is 5.20. The second-order valence-electron chi connectivity index (χ2n) is 4.93. The summed E-state index contributed by atoms with van der Waals surface area (Å²) in [5, 5.41) is 3.33. The minimum Gasteiger partial charge on any atom is -0.373 e. The third-order valence-electron chi connectivity index (χ3n) is 3.54. The van der Waals surface area contributed by atoms with Crippen molar-refractivity contribution in [3.8, 4) is 0 Å². The zero-order valence-corrected chi connectivity index (χ0v) is 12.8. The van der Waals surface area contributed by atoms with Gasteiger partial charge in [-0.1, -0.05) is 18.5 Å². The average molecular weight is 297 g/mol. The van der Waals surface area contributed by atoms with Crippen LogP contribution in [0.1, 0.15) is 23.7 Å². The first-order valence-corrected chi connectivity index (χ1v) is 7.38. The van der Waals surface area contributed by atoms with Crippen molar-refractivity contribution in [1.29, 1.82) is 0 Å². The molecule has 1 aromatic heterocycles. The van der Waals surface area contributed by atoms with Crippen molar-refractivity contribution in [2.75, 3.05) is 45.1 Å². The van der Waals surface area contributed by atoms with Gasteiger partial charge < -0.3 is 10.2 Å². The molecule has 2 rings (SSSR count). The second kappa shape index (κ2) is 6.90. The molecule has 110 valence electrons. The number of hydrogen-bond acceptors (Lipinski definition) is 4. The fourth-order valence-electron chi connectivity index (χ4n) is 2.40. The Morgan fingerprint density at radius 3 is 2.70 bits per heavy atom. The lowest BCUT2D eigenvalue weighted by atomic mass is 10.2. The van der Waals surface area contributed by atoms with Crippen LogP contribution < -0.4 is 5.32 Å². The number of nitrogens with zero attached hydrogens (tertiary/aromatic N) is 3. The fourth-order valence-corrected chi connectivity index (χ4v) is 2.58. The molecular weight excluding hydrogens is 276 g/mol. The van der Waals surface area contributed by atoms with Crippen molar-refractivity contribution >= 4 is 23.3 Å². The summed E-state index contributed by atoms with van der Waals surface area (Å²) >= 11 is 6.10. The largest absolute Gasteiger partial charge is 0.373 e. The SMILES string of the molecule is CCCN1CCN(C(=O)c2cc(NC)ncc2Cl)CC1. The van der Waals surface area contributed by atoms with Gasteiger partial charge in [0.1, 0.15) is 5.82 Å². The van der Waals surface area contributed by atoms with Crippen LogP contribution in [-0.2, 0) is 0 Å². The first kappa shape index (κ1) is 15.1. The number of hydrogen-bond donors (Lipinski definition) is 1. The molecule has 1 saturated heterocycles. The Morgan fingerprint density at radius 1 is 1.40 bits per heavy atom. The molecule has 1 aromatic rings. The van der Waals surface area contributed by atoms with E-state index in [4.69, 9.17) is 11.6 Å². The zero-order valence-electron chi connectivity index (χ0n) is 12.0. The third-order valence-corrected chi connectivity index (χ3v) is 3.84. The number of amides is 1. The molecule has 0 aliphatic carbocycles. The van der Waals surface area contributed by atoms with Crippen LogP contribution in [0.4, 0.5) is 5.82 Å². The quantitative estimate of drug-likeness (QED) is 0.922. The van der Waals surface area contributed by atoms with E-state index in [0.717, 1.165) is 39.1 Å². The molecule has 1 aliphatic rings. The van der Waals surface area contributed by atoms with Crippen LogP contribution in [0.5, 0.6) is 0 Å². The number of rotatable bonds is 4. The molecule has 0 aromatic carbocycles. The molecule has 0 spiro atoms. The van der Waals surface area contributed by atoms with Crippen molar-refractivity contribution in [1.82, 2.24) is 14.8 Å². The van der Waals surface area contributed by atoms with Crippen molar-refractivity contribution in [2.24, 2.45) is 0 Å². The van der Waals surface area contributed by atoms with Crippen LogP contribution >= 0.6 is 11.6 Å². The number of carbonyl (C=O) groups is 1. The van der Waals surface area contributed by atoms with E-state index in [-0.39, 0.29) is 5.91 Å². The maximum Gasteiger partial charge on any atom is 0.255 e. The van der Waals surface area contributed by atoms with E-state index in [9.17, 15) is 4.79 Å². The van der Waals surface area contributed by atoms with Crippen molar-refractivity contribution in [2.45, 2.75) is 13.3 Å². The van der Waals surface area contributed by atoms with Gasteiger partial charge in [0.2, 0.25) is 0 Å². The molecule has 0 atom stereocenters. The molecule has 0 unspecified atom stereocenters. The molecular formula is C14H21ClN4O. The third kappa shape index (κ3) is 3.41. The second-order valence-corrected chi connectivity index (χ2v) is 5.34. The number of anilines is 1. The van der Waals surface area contributed by atoms with Crippen LogP contribution in [0.25, 0.3) is 0 Å². The summed E-state index contributed by atoms with van der Waals surface area (Å²) in [6, 6.07) is 1.71. The summed E-state index contributed by atoms with van der Waals surface area (Å²) in [4.78, 5) is 20.9. The van der Waals surface area contributed by atoms with Gasteiger partial charge >= 0.3 is 0 Å². The zero-order chi connectivity index (χ0) is 14.5. The van der Waals surface area contributed by atoms with Gasteiger partial charge in [-0.3, -0.25) is 9.69 Å². The van der Waals surface area contributed by atoms with E-state index in [1.165, 1.54) is 6.20 Å². The molecule has 0 bridgehead atoms. The summed E-state index contributed by atoms with van der Waals surface area (Å²) in [6.45, 7) is 6.65. The number of pyridine rings is 1. The van der Waals surface area contributed by atoms with Crippen LogP contribution in [-0.4, -0.2) is 60.5 Å². The van der Waals surface area contributed by atoms with Crippen LogP contribution in [0.15, 0.2) is 12.3 Å². The molecule has 6 heteroatoms. The van der Waals surface area contributed by atoms with Crippen molar-refractivity contribution < 1.29 is 4.79 Å². The highest BCUT2D eigenvalue weighted by Crippen LogP contribution is 2.20. The first-order chi connectivity index (χ1) is 9.65. The lowest BCUT2D eigenvalue weighted by Gasteiger charge is -2.34. The van der Waals surface area contributed by atoms with Crippen LogP contribution in [0.3, 0.4) is 0 Å². The van der Waals surface area contributed by atoms with Crippen LogP contribution in [0.2, 0.25) is 5.02 Å². The minimum atomic E-state index is -0.00921. The molecule has 1 aliphatic heterocycles. The van der Waals surface area contributed by atoms with E-state index in [2.05, 4.69) is 22.1 Å². The summed E-state index contributed by atoms with van der Waals surface area (Å²) in [6.07, 6.45) is 2.67. The molecule has 1 N–H and O–H groups in total. The fraction of sp³-hybridized carbons (Fsp3) is 0.571. The standard InChI is InChI=1S/C14H21ClN4O/c1-3-4-18-5-7-19(8-6-18)14(20)11-9-13(16-2)17-10-12(11)15/h9-10H,3-8H2,1-2H3,(H,16,17). The molecule has 2 heterocycles. The average Bonchev–Trinajstić information content (AvgIpc) is 2.48. The Balaban J connectivity index is 2.05. The van der Waals surface area contributed by atoms with Gasteiger partial charge in [0, 0.05) is 39.4 Å². The number of aromatic nitrogens is 1. The first-order valence-electron chi connectivity index (χ1n) is 7.00. The monoisotopic (exact) mass is 296 g/mol. The highest BCUT2D eigenvalue weighted by atomic mass is 35.5.